The van der Waals surface area contributed by atoms with Crippen LogP contribution in [0.3, 0.4) is 0 Å². The highest BCUT2D eigenvalue weighted by atomic mass is 16.5. The Morgan fingerprint density at radius 1 is 0.972 bits per heavy atom. The van der Waals surface area contributed by atoms with Gasteiger partial charge in [0.1, 0.15) is 17.3 Å². The fourth-order valence-corrected chi connectivity index (χ4v) is 4.49. The van der Waals surface area contributed by atoms with Crippen molar-refractivity contribution in [2.75, 3.05) is 46.7 Å². The Morgan fingerprint density at radius 3 is 2.22 bits per heavy atom. The fraction of sp³-hybridized carbons (Fsp3) is 0.500. The van der Waals surface area contributed by atoms with E-state index in [0.717, 1.165) is 65.3 Å². The van der Waals surface area contributed by atoms with Crippen LogP contribution in [0.2, 0.25) is 0 Å². The van der Waals surface area contributed by atoms with Gasteiger partial charge in [-0.1, -0.05) is 25.7 Å². The molecule has 0 atom stereocenters. The summed E-state index contributed by atoms with van der Waals surface area (Å²) in [5.74, 6) is 2.26. The number of pyridine rings is 2. The lowest BCUT2D eigenvalue weighted by Gasteiger charge is -2.19. The highest BCUT2D eigenvalue weighted by Gasteiger charge is 2.17. The Balaban J connectivity index is 1.92. The Labute approximate surface area is 214 Å². The summed E-state index contributed by atoms with van der Waals surface area (Å²) in [6, 6.07) is 6.00. The fourth-order valence-electron chi connectivity index (χ4n) is 4.49. The molecule has 36 heavy (non-hydrogen) atoms. The van der Waals surface area contributed by atoms with Gasteiger partial charge >= 0.3 is 0 Å². The minimum absolute atomic E-state index is 0.0755. The molecule has 0 radical (unpaired) electrons. The number of nitrogens with one attached hydrogen (secondary N) is 1. The van der Waals surface area contributed by atoms with Gasteiger partial charge in [0.2, 0.25) is 0 Å². The van der Waals surface area contributed by atoms with Crippen LogP contribution < -0.4 is 26.1 Å². The van der Waals surface area contributed by atoms with Gasteiger partial charge in [0.05, 0.1) is 25.2 Å². The normalized spacial score (nSPS) is 11.3. The minimum atomic E-state index is -0.0755. The molecule has 0 bridgehead atoms. The summed E-state index contributed by atoms with van der Waals surface area (Å²) >= 11 is 0. The van der Waals surface area contributed by atoms with E-state index in [0.29, 0.717) is 11.9 Å². The molecule has 0 aliphatic heterocycles. The number of aryl methyl sites for hydroxylation is 1. The van der Waals surface area contributed by atoms with Crippen molar-refractivity contribution in [1.82, 2.24) is 14.5 Å². The van der Waals surface area contributed by atoms with Crippen molar-refractivity contribution in [3.05, 3.63) is 46.5 Å². The number of benzene rings is 1. The number of hydrogen-bond donors (Lipinski definition) is 2. The quantitative estimate of drug-likeness (QED) is 0.320. The van der Waals surface area contributed by atoms with Crippen LogP contribution in [0.15, 0.2) is 35.4 Å². The van der Waals surface area contributed by atoms with Crippen molar-refractivity contribution in [2.24, 2.45) is 12.8 Å². The summed E-state index contributed by atoms with van der Waals surface area (Å²) in [6.45, 7) is 2.31. The summed E-state index contributed by atoms with van der Waals surface area (Å²) in [4.78, 5) is 19.5. The van der Waals surface area contributed by atoms with E-state index in [-0.39, 0.29) is 5.56 Å². The second-order valence-corrected chi connectivity index (χ2v) is 9.51. The third-order valence-corrected chi connectivity index (χ3v) is 6.40. The minimum Gasteiger partial charge on any atom is -0.496 e. The number of nitrogens with two attached hydrogens (primary N) is 1. The molecule has 3 rings (SSSR count). The average Bonchev–Trinajstić information content (AvgIpc) is 2.87. The molecule has 2 heterocycles. The average molecular weight is 496 g/mol. The zero-order chi connectivity index (χ0) is 26.1. The Morgan fingerprint density at radius 2 is 1.61 bits per heavy atom. The first-order valence-corrected chi connectivity index (χ1v) is 12.7. The molecule has 8 heteroatoms. The number of anilines is 1. The SMILES string of the molecule is COc1cc(-c2cn(C)c(=O)c3cnc(NCCCCCCCCN)cc23)cc(OC)c1CN(C)C. The van der Waals surface area contributed by atoms with E-state index in [4.69, 9.17) is 15.2 Å². The zero-order valence-corrected chi connectivity index (χ0v) is 22.4. The van der Waals surface area contributed by atoms with Crippen molar-refractivity contribution in [3.8, 4) is 22.6 Å². The molecule has 0 fully saturated rings. The molecular formula is C28H41N5O3. The maximum Gasteiger partial charge on any atom is 0.259 e. The molecule has 0 amide bonds. The smallest absolute Gasteiger partial charge is 0.259 e. The van der Waals surface area contributed by atoms with Crippen LogP contribution in [0.4, 0.5) is 5.82 Å². The van der Waals surface area contributed by atoms with Crippen molar-refractivity contribution >= 4 is 16.6 Å². The van der Waals surface area contributed by atoms with Gasteiger partial charge in [0, 0.05) is 43.5 Å². The number of aromatic nitrogens is 2. The molecular weight excluding hydrogens is 454 g/mol. The number of rotatable bonds is 14. The highest BCUT2D eigenvalue weighted by Crippen LogP contribution is 2.38. The van der Waals surface area contributed by atoms with Crippen molar-refractivity contribution < 1.29 is 9.47 Å². The van der Waals surface area contributed by atoms with E-state index >= 15 is 0 Å². The van der Waals surface area contributed by atoms with E-state index in [1.165, 1.54) is 25.7 Å². The van der Waals surface area contributed by atoms with Crippen LogP contribution >= 0.6 is 0 Å². The number of unbranched alkanes of at least 4 members (excludes halogenated alkanes) is 5. The maximum absolute atomic E-state index is 12.9. The summed E-state index contributed by atoms with van der Waals surface area (Å²) in [6.07, 6.45) is 10.6. The van der Waals surface area contributed by atoms with Crippen molar-refractivity contribution in [1.29, 1.82) is 0 Å². The molecule has 0 saturated heterocycles. The Bertz CT molecular complexity index is 1180. The first-order chi connectivity index (χ1) is 17.4. The number of ether oxygens (including phenoxy) is 2. The van der Waals surface area contributed by atoms with E-state index in [9.17, 15) is 4.79 Å². The van der Waals surface area contributed by atoms with E-state index in [1.54, 1.807) is 32.0 Å². The Kier molecular flexibility index (Phi) is 10.1. The van der Waals surface area contributed by atoms with Crippen LogP contribution in [0.5, 0.6) is 11.5 Å². The van der Waals surface area contributed by atoms with Crippen molar-refractivity contribution in [2.45, 2.75) is 45.1 Å². The maximum atomic E-state index is 12.9. The van der Waals surface area contributed by atoms with Gasteiger partial charge in [-0.3, -0.25) is 4.79 Å². The molecule has 0 aliphatic carbocycles. The summed E-state index contributed by atoms with van der Waals surface area (Å²) in [7, 11) is 9.12. The van der Waals surface area contributed by atoms with Crippen LogP contribution in [0.1, 0.15) is 44.1 Å². The molecule has 3 N–H and O–H groups in total. The number of hydrogen-bond acceptors (Lipinski definition) is 7. The molecule has 8 nitrogen and oxygen atoms in total. The lowest BCUT2D eigenvalue weighted by atomic mass is 9.98. The molecule has 2 aromatic heterocycles. The molecule has 0 spiro atoms. The van der Waals surface area contributed by atoms with E-state index in [2.05, 4.69) is 15.2 Å². The molecule has 196 valence electrons. The first-order valence-electron chi connectivity index (χ1n) is 12.7. The summed E-state index contributed by atoms with van der Waals surface area (Å²) in [5, 5.41) is 4.86. The molecule has 3 aromatic rings. The van der Waals surface area contributed by atoms with Crippen LogP contribution in [-0.4, -0.2) is 55.9 Å². The predicted octanol–water partition coefficient (Wildman–Crippen LogP) is 4.39. The summed E-state index contributed by atoms with van der Waals surface area (Å²) in [5.41, 5.74) is 8.31. The second-order valence-electron chi connectivity index (χ2n) is 9.51. The molecule has 0 unspecified atom stereocenters. The third kappa shape index (κ3) is 6.77. The number of fused-ring (bicyclic) bond motifs is 1. The van der Waals surface area contributed by atoms with Gasteiger partial charge in [-0.05, 0) is 57.2 Å². The monoisotopic (exact) mass is 495 g/mol. The standard InChI is InChI=1S/C28H41N5O3/c1-32(2)18-24-25(35-4)14-20(15-26(24)36-5)23-19-33(3)28(34)22-17-31-27(16-21(22)23)30-13-11-9-7-6-8-10-12-29/h14-17,19H,6-13,18,29H2,1-5H3,(H,30,31). The lowest BCUT2D eigenvalue weighted by Crippen LogP contribution is -2.17. The Hall–Kier alpha value is -3.10. The van der Waals surface area contributed by atoms with E-state index in [1.807, 2.05) is 38.5 Å². The van der Waals surface area contributed by atoms with E-state index < -0.39 is 0 Å². The molecule has 0 saturated carbocycles. The van der Waals surface area contributed by atoms with Crippen LogP contribution in [0, 0.1) is 0 Å². The van der Waals surface area contributed by atoms with Crippen LogP contribution in [0.25, 0.3) is 21.9 Å². The number of nitrogens with zero attached hydrogens (tertiary/aromatic N) is 3. The highest BCUT2D eigenvalue weighted by molar-refractivity contribution is 5.97. The predicted molar refractivity (Wildman–Crippen MR) is 148 cm³/mol. The molecule has 0 aliphatic rings. The topological polar surface area (TPSA) is 94.6 Å². The van der Waals surface area contributed by atoms with Crippen LogP contribution in [-0.2, 0) is 13.6 Å². The lowest BCUT2D eigenvalue weighted by molar-refractivity contribution is 0.349. The van der Waals surface area contributed by atoms with Gasteiger partial charge in [-0.2, -0.15) is 0 Å². The zero-order valence-electron chi connectivity index (χ0n) is 22.4. The van der Waals surface area contributed by atoms with Gasteiger partial charge < -0.3 is 30.0 Å². The van der Waals surface area contributed by atoms with Gasteiger partial charge in [0.25, 0.3) is 5.56 Å². The number of methoxy groups -OCH3 is 2. The van der Waals surface area contributed by atoms with Crippen molar-refractivity contribution in [3.63, 3.8) is 0 Å². The van der Waals surface area contributed by atoms with Gasteiger partial charge in [-0.15, -0.1) is 0 Å². The molecule has 1 aromatic carbocycles. The largest absolute Gasteiger partial charge is 0.496 e. The second kappa shape index (κ2) is 13.3. The van der Waals surface area contributed by atoms with Gasteiger partial charge in [-0.25, -0.2) is 4.98 Å². The van der Waals surface area contributed by atoms with Gasteiger partial charge in [0.15, 0.2) is 0 Å². The third-order valence-electron chi connectivity index (χ3n) is 6.40. The summed E-state index contributed by atoms with van der Waals surface area (Å²) < 4.78 is 13.1. The first kappa shape index (κ1) is 27.5.